The maximum atomic E-state index is 13.5. The smallest absolute Gasteiger partial charge is 0.338 e. The van der Waals surface area contributed by atoms with E-state index < -0.39 is 30.2 Å². The number of hydrogen-bond acceptors (Lipinski definition) is 5. The normalized spacial score (nSPS) is 10.3. The van der Waals surface area contributed by atoms with Gasteiger partial charge in [-0.05, 0) is 61.0 Å². The molecular weight excluding hydrogens is 379 g/mol. The molecule has 2 N–H and O–H groups in total. The maximum absolute atomic E-state index is 13.5. The molecule has 2 aromatic carbocycles. The molecule has 3 rings (SSSR count). The second-order valence-electron chi connectivity index (χ2n) is 6.10. The zero-order valence-corrected chi connectivity index (χ0v) is 15.4. The Bertz CT molecular complexity index is 1030. The monoisotopic (exact) mass is 396 g/mol. The van der Waals surface area contributed by atoms with Crippen molar-refractivity contribution in [1.82, 2.24) is 0 Å². The van der Waals surface area contributed by atoms with Gasteiger partial charge in [0.05, 0.1) is 11.8 Å². The first kappa shape index (κ1) is 19.8. The van der Waals surface area contributed by atoms with Crippen LogP contribution in [0, 0.1) is 12.7 Å². The standard InChI is InChI=1S/C21H17FN2O5/c1-13-4-7-16(11-17(13)22)23-19(25)12-29-21(27)14-5-8-15(9-6-14)24-20(26)18-3-2-10-28-18/h2-11H,12H2,1H3,(H,23,25)(H,24,26). The molecule has 0 saturated carbocycles. The SMILES string of the molecule is Cc1ccc(NC(=O)COC(=O)c2ccc(NC(=O)c3ccco3)cc2)cc1F. The van der Waals surface area contributed by atoms with E-state index in [1.807, 2.05) is 0 Å². The van der Waals surface area contributed by atoms with Crippen molar-refractivity contribution in [1.29, 1.82) is 0 Å². The minimum Gasteiger partial charge on any atom is -0.459 e. The summed E-state index contributed by atoms with van der Waals surface area (Å²) in [5, 5.41) is 5.07. The number of esters is 1. The Morgan fingerprint density at radius 1 is 1.00 bits per heavy atom. The number of furan rings is 1. The molecule has 0 fully saturated rings. The zero-order chi connectivity index (χ0) is 20.8. The van der Waals surface area contributed by atoms with Gasteiger partial charge in [0.2, 0.25) is 0 Å². The highest BCUT2D eigenvalue weighted by atomic mass is 19.1. The Hall–Kier alpha value is -3.94. The summed E-state index contributed by atoms with van der Waals surface area (Å²) in [6, 6.07) is 13.3. The van der Waals surface area contributed by atoms with Gasteiger partial charge in [0, 0.05) is 11.4 Å². The second kappa shape index (κ2) is 8.83. The lowest BCUT2D eigenvalue weighted by Gasteiger charge is -2.08. The molecule has 0 unspecified atom stereocenters. The third-order valence-corrected chi connectivity index (χ3v) is 3.91. The molecule has 0 aliphatic rings. The van der Waals surface area contributed by atoms with Crippen LogP contribution >= 0.6 is 0 Å². The van der Waals surface area contributed by atoms with E-state index in [4.69, 9.17) is 9.15 Å². The van der Waals surface area contributed by atoms with Crippen molar-refractivity contribution in [3.8, 4) is 0 Å². The molecule has 0 aliphatic heterocycles. The minimum absolute atomic E-state index is 0.160. The quantitative estimate of drug-likeness (QED) is 0.618. The molecule has 2 amide bonds. The van der Waals surface area contributed by atoms with E-state index in [-0.39, 0.29) is 17.0 Å². The van der Waals surface area contributed by atoms with E-state index in [0.29, 0.717) is 11.3 Å². The van der Waals surface area contributed by atoms with Gasteiger partial charge in [-0.25, -0.2) is 9.18 Å². The third-order valence-electron chi connectivity index (χ3n) is 3.91. The first-order valence-electron chi connectivity index (χ1n) is 8.60. The first-order chi connectivity index (χ1) is 13.9. The van der Waals surface area contributed by atoms with Crippen LogP contribution < -0.4 is 10.6 Å². The molecule has 0 spiro atoms. The van der Waals surface area contributed by atoms with E-state index in [2.05, 4.69) is 10.6 Å². The van der Waals surface area contributed by atoms with Crippen molar-refractivity contribution in [2.75, 3.05) is 17.2 Å². The molecule has 29 heavy (non-hydrogen) atoms. The number of halogens is 1. The zero-order valence-electron chi connectivity index (χ0n) is 15.4. The third kappa shape index (κ3) is 5.29. The number of benzene rings is 2. The fourth-order valence-corrected chi connectivity index (χ4v) is 2.37. The Morgan fingerprint density at radius 2 is 1.72 bits per heavy atom. The highest BCUT2D eigenvalue weighted by Gasteiger charge is 2.12. The van der Waals surface area contributed by atoms with Crippen LogP contribution in [-0.2, 0) is 9.53 Å². The van der Waals surface area contributed by atoms with Gasteiger partial charge < -0.3 is 19.8 Å². The highest BCUT2D eigenvalue weighted by molar-refractivity contribution is 6.02. The van der Waals surface area contributed by atoms with E-state index in [1.165, 1.54) is 48.7 Å². The predicted octanol–water partition coefficient (Wildman–Crippen LogP) is 3.77. The Labute approximate surface area is 165 Å². The molecule has 0 radical (unpaired) electrons. The van der Waals surface area contributed by atoms with Crippen molar-refractivity contribution < 1.29 is 27.9 Å². The average molecular weight is 396 g/mol. The van der Waals surface area contributed by atoms with E-state index in [0.717, 1.165) is 0 Å². The topological polar surface area (TPSA) is 97.6 Å². The number of carbonyl (C=O) groups is 3. The summed E-state index contributed by atoms with van der Waals surface area (Å²) in [7, 11) is 0. The van der Waals surface area contributed by atoms with Crippen LogP contribution in [0.3, 0.4) is 0 Å². The van der Waals surface area contributed by atoms with Gasteiger partial charge in [-0.15, -0.1) is 0 Å². The number of hydrogen-bond donors (Lipinski definition) is 2. The molecule has 1 aromatic heterocycles. The van der Waals surface area contributed by atoms with Crippen LogP contribution in [0.1, 0.15) is 26.5 Å². The number of amides is 2. The number of carbonyl (C=O) groups excluding carboxylic acids is 3. The van der Waals surface area contributed by atoms with Gasteiger partial charge in [0.15, 0.2) is 12.4 Å². The highest BCUT2D eigenvalue weighted by Crippen LogP contribution is 2.14. The molecule has 0 atom stereocenters. The first-order valence-corrected chi connectivity index (χ1v) is 8.60. The van der Waals surface area contributed by atoms with Crippen LogP contribution in [0.25, 0.3) is 0 Å². The van der Waals surface area contributed by atoms with Crippen molar-refractivity contribution in [3.63, 3.8) is 0 Å². The molecule has 8 heteroatoms. The Kier molecular flexibility index (Phi) is 6.03. The lowest BCUT2D eigenvalue weighted by molar-refractivity contribution is -0.119. The fourth-order valence-electron chi connectivity index (χ4n) is 2.37. The summed E-state index contributed by atoms with van der Waals surface area (Å²) in [4.78, 5) is 35.8. The van der Waals surface area contributed by atoms with E-state index in [1.54, 1.807) is 19.1 Å². The predicted molar refractivity (Wildman–Crippen MR) is 103 cm³/mol. The Morgan fingerprint density at radius 3 is 2.38 bits per heavy atom. The van der Waals surface area contributed by atoms with Crippen LogP contribution in [0.5, 0.6) is 0 Å². The summed E-state index contributed by atoms with van der Waals surface area (Å²) < 4.78 is 23.4. The van der Waals surface area contributed by atoms with Crippen molar-refractivity contribution in [2.45, 2.75) is 6.92 Å². The van der Waals surface area contributed by atoms with Gasteiger partial charge in [0.25, 0.3) is 11.8 Å². The molecular formula is C21H17FN2O5. The second-order valence-corrected chi connectivity index (χ2v) is 6.10. The summed E-state index contributed by atoms with van der Waals surface area (Å²) in [6.45, 7) is 1.09. The van der Waals surface area contributed by atoms with E-state index in [9.17, 15) is 18.8 Å². The van der Waals surface area contributed by atoms with Crippen molar-refractivity contribution in [2.24, 2.45) is 0 Å². The molecule has 0 saturated heterocycles. The van der Waals surface area contributed by atoms with Gasteiger partial charge in [0.1, 0.15) is 5.82 Å². The summed E-state index contributed by atoms with van der Waals surface area (Å²) in [5.41, 5.74) is 1.39. The molecule has 0 bridgehead atoms. The average Bonchev–Trinajstić information content (AvgIpc) is 3.24. The summed E-state index contributed by atoms with van der Waals surface area (Å²) in [5.74, 6) is -2.01. The molecule has 0 aliphatic carbocycles. The number of ether oxygens (including phenoxy) is 1. The molecule has 7 nitrogen and oxygen atoms in total. The van der Waals surface area contributed by atoms with Gasteiger partial charge in [-0.1, -0.05) is 6.07 Å². The Balaban J connectivity index is 1.50. The maximum Gasteiger partial charge on any atom is 0.338 e. The van der Waals surface area contributed by atoms with Crippen LogP contribution in [-0.4, -0.2) is 24.4 Å². The largest absolute Gasteiger partial charge is 0.459 e. The number of anilines is 2. The van der Waals surface area contributed by atoms with Crippen LogP contribution in [0.15, 0.2) is 65.3 Å². The lowest BCUT2D eigenvalue weighted by atomic mass is 10.2. The number of aryl methyl sites for hydroxylation is 1. The summed E-state index contributed by atoms with van der Waals surface area (Å²) in [6.07, 6.45) is 1.39. The van der Waals surface area contributed by atoms with Gasteiger partial charge in [-0.3, -0.25) is 9.59 Å². The van der Waals surface area contributed by atoms with Crippen LogP contribution in [0.2, 0.25) is 0 Å². The van der Waals surface area contributed by atoms with E-state index >= 15 is 0 Å². The number of nitrogens with one attached hydrogen (secondary N) is 2. The van der Waals surface area contributed by atoms with Crippen molar-refractivity contribution >= 4 is 29.2 Å². The lowest BCUT2D eigenvalue weighted by Crippen LogP contribution is -2.21. The van der Waals surface area contributed by atoms with Gasteiger partial charge >= 0.3 is 5.97 Å². The minimum atomic E-state index is -0.709. The van der Waals surface area contributed by atoms with Crippen LogP contribution in [0.4, 0.5) is 15.8 Å². The molecule has 3 aromatic rings. The molecule has 148 valence electrons. The van der Waals surface area contributed by atoms with Crippen molar-refractivity contribution in [3.05, 3.63) is 83.6 Å². The molecule has 1 heterocycles. The van der Waals surface area contributed by atoms with Gasteiger partial charge in [-0.2, -0.15) is 0 Å². The number of rotatable bonds is 6. The summed E-state index contributed by atoms with van der Waals surface area (Å²) >= 11 is 0. The fraction of sp³-hybridized carbons (Fsp3) is 0.0952.